The lowest BCUT2D eigenvalue weighted by Gasteiger charge is -2.12. The van der Waals surface area contributed by atoms with Crippen molar-refractivity contribution in [2.45, 2.75) is 25.5 Å². The molecule has 3 aromatic rings. The van der Waals surface area contributed by atoms with Gasteiger partial charge in [0.05, 0.1) is 5.75 Å². The van der Waals surface area contributed by atoms with Crippen molar-refractivity contribution in [2.24, 2.45) is 5.92 Å². The molecule has 0 N–H and O–H groups in total. The molecule has 0 aliphatic heterocycles. The highest BCUT2D eigenvalue weighted by atomic mass is 35.5. The van der Waals surface area contributed by atoms with Crippen LogP contribution < -0.4 is 0 Å². The number of ketones is 1. The van der Waals surface area contributed by atoms with Gasteiger partial charge in [0.25, 0.3) is 0 Å². The first kappa shape index (κ1) is 18.7. The van der Waals surface area contributed by atoms with Crippen LogP contribution in [-0.4, -0.2) is 26.3 Å². The molecule has 0 amide bonds. The third kappa shape index (κ3) is 4.54. The first-order valence-corrected chi connectivity index (χ1v) is 9.81. The van der Waals surface area contributed by atoms with Crippen LogP contribution in [0.15, 0.2) is 59.8 Å². The Morgan fingerprint density at radius 3 is 2.42 bits per heavy atom. The molecule has 1 heterocycles. The zero-order valence-corrected chi connectivity index (χ0v) is 16.3. The lowest BCUT2D eigenvalue weighted by molar-refractivity contribution is 0.102. The van der Waals surface area contributed by atoms with Crippen LogP contribution in [0.3, 0.4) is 0 Å². The molecule has 26 heavy (non-hydrogen) atoms. The van der Waals surface area contributed by atoms with Crippen molar-refractivity contribution in [1.82, 2.24) is 14.8 Å². The van der Waals surface area contributed by atoms with E-state index in [9.17, 15) is 4.79 Å². The van der Waals surface area contributed by atoms with Gasteiger partial charge in [-0.3, -0.25) is 4.79 Å². The van der Waals surface area contributed by atoms with Crippen LogP contribution in [0.2, 0.25) is 5.02 Å². The number of hydrogen-bond acceptors (Lipinski definition) is 4. The third-order valence-electron chi connectivity index (χ3n) is 3.80. The maximum atomic E-state index is 12.4. The van der Waals surface area contributed by atoms with Gasteiger partial charge in [0.2, 0.25) is 0 Å². The predicted octanol–water partition coefficient (Wildman–Crippen LogP) is 5.23. The number of Topliss-reactive ketones (excluding diaryl/α,β-unsaturated/α-hetero) is 1. The van der Waals surface area contributed by atoms with Crippen molar-refractivity contribution in [1.29, 1.82) is 0 Å². The molecule has 0 aliphatic rings. The van der Waals surface area contributed by atoms with Gasteiger partial charge in [-0.05, 0) is 30.2 Å². The highest BCUT2D eigenvalue weighted by Gasteiger charge is 2.17. The predicted molar refractivity (Wildman–Crippen MR) is 107 cm³/mol. The van der Waals surface area contributed by atoms with Crippen molar-refractivity contribution < 1.29 is 4.79 Å². The highest BCUT2D eigenvalue weighted by Crippen LogP contribution is 2.25. The first-order chi connectivity index (χ1) is 12.5. The zero-order chi connectivity index (χ0) is 18.5. The quantitative estimate of drug-likeness (QED) is 0.412. The SMILES string of the molecule is CC(C)Cn1c(SCC(=O)c2ccc(Cl)cc2)nnc1-c1ccccc1. The molecule has 4 nitrogen and oxygen atoms in total. The fourth-order valence-electron chi connectivity index (χ4n) is 2.58. The van der Waals surface area contributed by atoms with E-state index >= 15 is 0 Å². The fourth-order valence-corrected chi connectivity index (χ4v) is 3.54. The van der Waals surface area contributed by atoms with Crippen molar-refractivity contribution in [3.05, 3.63) is 65.2 Å². The van der Waals surface area contributed by atoms with Crippen LogP contribution in [-0.2, 0) is 6.54 Å². The molecule has 0 unspecified atom stereocenters. The van der Waals surface area contributed by atoms with Crippen LogP contribution >= 0.6 is 23.4 Å². The molecule has 0 spiro atoms. The second-order valence-corrected chi connectivity index (χ2v) is 7.77. The molecule has 0 fully saturated rings. The molecule has 0 radical (unpaired) electrons. The monoisotopic (exact) mass is 385 g/mol. The minimum absolute atomic E-state index is 0.0482. The van der Waals surface area contributed by atoms with Crippen LogP contribution in [0, 0.1) is 5.92 Å². The summed E-state index contributed by atoms with van der Waals surface area (Å²) in [5, 5.41) is 10.1. The molecule has 1 aromatic heterocycles. The molecule has 0 atom stereocenters. The van der Waals surface area contributed by atoms with Crippen LogP contribution in [0.5, 0.6) is 0 Å². The summed E-state index contributed by atoms with van der Waals surface area (Å²) in [5.74, 6) is 1.64. The topological polar surface area (TPSA) is 47.8 Å². The van der Waals surface area contributed by atoms with Gasteiger partial charge in [-0.2, -0.15) is 0 Å². The van der Waals surface area contributed by atoms with E-state index in [0.717, 1.165) is 23.1 Å². The summed E-state index contributed by atoms with van der Waals surface area (Å²) in [4.78, 5) is 12.4. The lowest BCUT2D eigenvalue weighted by atomic mass is 10.1. The van der Waals surface area contributed by atoms with E-state index in [1.165, 1.54) is 11.8 Å². The van der Waals surface area contributed by atoms with Crippen molar-refractivity contribution >= 4 is 29.1 Å². The molecule has 0 bridgehead atoms. The molecule has 2 aromatic carbocycles. The number of rotatable bonds is 7. The van der Waals surface area contributed by atoms with Crippen molar-refractivity contribution in [3.8, 4) is 11.4 Å². The van der Waals surface area contributed by atoms with Gasteiger partial charge in [-0.1, -0.05) is 67.5 Å². The maximum absolute atomic E-state index is 12.4. The van der Waals surface area contributed by atoms with E-state index in [4.69, 9.17) is 11.6 Å². The smallest absolute Gasteiger partial charge is 0.191 e. The standard InChI is InChI=1S/C20H20ClN3OS/c1-14(2)12-24-19(16-6-4-3-5-7-16)22-23-20(24)26-13-18(25)15-8-10-17(21)11-9-15/h3-11,14H,12-13H2,1-2H3. The van der Waals surface area contributed by atoms with Crippen LogP contribution in [0.25, 0.3) is 11.4 Å². The number of nitrogens with zero attached hydrogens (tertiary/aromatic N) is 3. The molecule has 6 heteroatoms. The summed E-state index contributed by atoms with van der Waals surface area (Å²) in [5.41, 5.74) is 1.68. The first-order valence-electron chi connectivity index (χ1n) is 8.45. The van der Waals surface area contributed by atoms with E-state index in [-0.39, 0.29) is 5.78 Å². The van der Waals surface area contributed by atoms with Gasteiger partial charge in [-0.15, -0.1) is 10.2 Å². The zero-order valence-electron chi connectivity index (χ0n) is 14.7. The number of benzene rings is 2. The summed E-state index contributed by atoms with van der Waals surface area (Å²) in [6, 6.07) is 17.0. The number of thioether (sulfide) groups is 1. The highest BCUT2D eigenvalue weighted by molar-refractivity contribution is 7.99. The number of halogens is 1. The van der Waals surface area contributed by atoms with E-state index in [2.05, 4.69) is 28.6 Å². The number of hydrogen-bond donors (Lipinski definition) is 0. The average molecular weight is 386 g/mol. The molecule has 3 rings (SSSR count). The minimum Gasteiger partial charge on any atom is -0.302 e. The molecule has 0 saturated heterocycles. The maximum Gasteiger partial charge on any atom is 0.191 e. The minimum atomic E-state index is 0.0482. The van der Waals surface area contributed by atoms with Gasteiger partial charge in [0.1, 0.15) is 0 Å². The van der Waals surface area contributed by atoms with Crippen LogP contribution in [0.4, 0.5) is 0 Å². The summed E-state index contributed by atoms with van der Waals surface area (Å²) < 4.78 is 2.10. The fraction of sp³-hybridized carbons (Fsp3) is 0.250. The lowest BCUT2D eigenvalue weighted by Crippen LogP contribution is -2.09. The molecule has 0 saturated carbocycles. The largest absolute Gasteiger partial charge is 0.302 e. The Hall–Kier alpha value is -2.11. The molecular weight excluding hydrogens is 366 g/mol. The molecule has 134 valence electrons. The Morgan fingerprint density at radius 2 is 1.77 bits per heavy atom. The van der Waals surface area contributed by atoms with E-state index in [1.54, 1.807) is 24.3 Å². The van der Waals surface area contributed by atoms with Crippen molar-refractivity contribution in [3.63, 3.8) is 0 Å². The Bertz CT molecular complexity index is 876. The summed E-state index contributed by atoms with van der Waals surface area (Å²) in [6.45, 7) is 5.11. The van der Waals surface area contributed by atoms with Crippen LogP contribution in [0.1, 0.15) is 24.2 Å². The molecular formula is C20H20ClN3OS. The summed E-state index contributed by atoms with van der Waals surface area (Å²) >= 11 is 7.30. The Kier molecular flexibility index (Phi) is 6.12. The number of carbonyl (C=O) groups excluding carboxylic acids is 1. The van der Waals surface area contributed by atoms with E-state index < -0.39 is 0 Å². The van der Waals surface area contributed by atoms with Gasteiger partial charge in [0.15, 0.2) is 16.8 Å². The third-order valence-corrected chi connectivity index (χ3v) is 5.01. The number of carbonyl (C=O) groups is 1. The van der Waals surface area contributed by atoms with E-state index in [1.807, 2.05) is 30.3 Å². The van der Waals surface area contributed by atoms with Crippen molar-refractivity contribution in [2.75, 3.05) is 5.75 Å². The van der Waals surface area contributed by atoms with Gasteiger partial charge in [0, 0.05) is 22.7 Å². The van der Waals surface area contributed by atoms with E-state index in [0.29, 0.717) is 22.3 Å². The normalized spacial score (nSPS) is 11.1. The van der Waals surface area contributed by atoms with Gasteiger partial charge < -0.3 is 4.57 Å². The summed E-state index contributed by atoms with van der Waals surface area (Å²) in [7, 11) is 0. The second-order valence-electron chi connectivity index (χ2n) is 6.40. The number of aromatic nitrogens is 3. The Balaban J connectivity index is 1.80. The Labute approximate surface area is 162 Å². The van der Waals surface area contributed by atoms with Gasteiger partial charge >= 0.3 is 0 Å². The Morgan fingerprint density at radius 1 is 1.08 bits per heavy atom. The summed E-state index contributed by atoms with van der Waals surface area (Å²) in [6.07, 6.45) is 0. The average Bonchev–Trinajstić information content (AvgIpc) is 3.03. The van der Waals surface area contributed by atoms with Gasteiger partial charge in [-0.25, -0.2) is 0 Å². The molecule has 0 aliphatic carbocycles. The second kappa shape index (κ2) is 8.52.